The van der Waals surface area contributed by atoms with E-state index in [1.54, 1.807) is 0 Å². The van der Waals surface area contributed by atoms with Crippen molar-refractivity contribution in [2.24, 2.45) is 0 Å². The fourth-order valence-electron chi connectivity index (χ4n) is 1.49. The fourth-order valence-corrected chi connectivity index (χ4v) is 1.84. The average molecular weight is 329 g/mol. The molecule has 2 unspecified atom stereocenters. The molecule has 2 atom stereocenters. The minimum atomic E-state index is -0.330. The second-order valence-electron chi connectivity index (χ2n) is 3.77. The molecule has 0 aliphatic carbocycles. The fraction of sp³-hybridized carbons (Fsp3) is 0.889. The van der Waals surface area contributed by atoms with Gasteiger partial charge in [-0.25, -0.2) is 0 Å². The Labute approximate surface area is 101 Å². The Bertz CT molecular complexity index is 205. The number of hydrogen-bond donors (Lipinski definition) is 1. The van der Waals surface area contributed by atoms with E-state index in [1.165, 1.54) is 0 Å². The largest absolute Gasteiger partial charge is 0.457 e. The van der Waals surface area contributed by atoms with E-state index in [0.717, 1.165) is 25.9 Å². The standard InChI is InChI=1S/C9H15Br2NO2/c1-9(3-2-4-12-6-9)14-8(13)7(11)5-10/h7,12H,2-6H2,1H3. The Kier molecular flexibility index (Phi) is 4.87. The zero-order valence-electron chi connectivity index (χ0n) is 8.19. The molecule has 1 N–H and O–H groups in total. The van der Waals surface area contributed by atoms with Gasteiger partial charge in [0.2, 0.25) is 0 Å². The maximum atomic E-state index is 11.5. The lowest BCUT2D eigenvalue weighted by Gasteiger charge is -2.34. The molecule has 1 saturated heterocycles. The summed E-state index contributed by atoms with van der Waals surface area (Å²) in [7, 11) is 0. The van der Waals surface area contributed by atoms with Gasteiger partial charge in [0, 0.05) is 11.9 Å². The van der Waals surface area contributed by atoms with E-state index < -0.39 is 0 Å². The summed E-state index contributed by atoms with van der Waals surface area (Å²) in [6.07, 6.45) is 2.00. The molecule has 1 fully saturated rings. The zero-order chi connectivity index (χ0) is 10.6. The molecular weight excluding hydrogens is 314 g/mol. The maximum Gasteiger partial charge on any atom is 0.321 e. The smallest absolute Gasteiger partial charge is 0.321 e. The highest BCUT2D eigenvalue weighted by molar-refractivity contribution is 9.12. The molecule has 1 heterocycles. The van der Waals surface area contributed by atoms with Crippen LogP contribution in [-0.2, 0) is 9.53 Å². The van der Waals surface area contributed by atoms with Crippen LogP contribution in [-0.4, -0.2) is 34.8 Å². The van der Waals surface area contributed by atoms with Crippen LogP contribution in [0.3, 0.4) is 0 Å². The molecule has 0 radical (unpaired) electrons. The number of esters is 1. The molecule has 1 aliphatic heterocycles. The van der Waals surface area contributed by atoms with E-state index in [2.05, 4.69) is 37.2 Å². The minimum Gasteiger partial charge on any atom is -0.457 e. The summed E-state index contributed by atoms with van der Waals surface area (Å²) in [6, 6.07) is 0. The average Bonchev–Trinajstić information content (AvgIpc) is 2.17. The molecule has 0 aromatic rings. The van der Waals surface area contributed by atoms with Crippen molar-refractivity contribution < 1.29 is 9.53 Å². The van der Waals surface area contributed by atoms with Crippen LogP contribution >= 0.6 is 31.9 Å². The van der Waals surface area contributed by atoms with Crippen molar-refractivity contribution in [3.63, 3.8) is 0 Å². The second-order valence-corrected chi connectivity index (χ2v) is 5.53. The number of nitrogens with one attached hydrogen (secondary N) is 1. The lowest BCUT2D eigenvalue weighted by atomic mass is 9.96. The van der Waals surface area contributed by atoms with E-state index in [0.29, 0.717) is 5.33 Å². The van der Waals surface area contributed by atoms with E-state index in [9.17, 15) is 4.79 Å². The summed E-state index contributed by atoms with van der Waals surface area (Å²) in [5.74, 6) is -0.187. The lowest BCUT2D eigenvalue weighted by Crippen LogP contribution is -2.47. The molecule has 1 rings (SSSR count). The van der Waals surface area contributed by atoms with Crippen LogP contribution in [0, 0.1) is 0 Å². The predicted octanol–water partition coefficient (Wildman–Crippen LogP) is 1.83. The summed E-state index contributed by atoms with van der Waals surface area (Å²) in [5, 5.41) is 3.81. The van der Waals surface area contributed by atoms with Crippen molar-refractivity contribution in [1.82, 2.24) is 5.32 Å². The van der Waals surface area contributed by atoms with Gasteiger partial charge < -0.3 is 10.1 Å². The van der Waals surface area contributed by atoms with Crippen LogP contribution in [0.25, 0.3) is 0 Å². The van der Waals surface area contributed by atoms with Crippen LogP contribution < -0.4 is 5.32 Å². The van der Waals surface area contributed by atoms with Crippen molar-refractivity contribution in [3.05, 3.63) is 0 Å². The SMILES string of the molecule is CC1(OC(=O)C(Br)CBr)CCCNC1. The van der Waals surface area contributed by atoms with Crippen molar-refractivity contribution >= 4 is 37.8 Å². The van der Waals surface area contributed by atoms with Crippen molar-refractivity contribution in [3.8, 4) is 0 Å². The molecule has 82 valence electrons. The number of carbonyl (C=O) groups is 1. The van der Waals surface area contributed by atoms with E-state index in [-0.39, 0.29) is 16.4 Å². The topological polar surface area (TPSA) is 38.3 Å². The van der Waals surface area contributed by atoms with Crippen LogP contribution in [0.15, 0.2) is 0 Å². The number of hydrogen-bond acceptors (Lipinski definition) is 3. The minimum absolute atomic E-state index is 0.187. The molecule has 3 nitrogen and oxygen atoms in total. The number of piperidine rings is 1. The Morgan fingerprint density at radius 2 is 2.43 bits per heavy atom. The monoisotopic (exact) mass is 327 g/mol. The molecular formula is C9H15Br2NO2. The van der Waals surface area contributed by atoms with Crippen molar-refractivity contribution in [1.29, 1.82) is 0 Å². The van der Waals surface area contributed by atoms with Crippen LogP contribution in [0.1, 0.15) is 19.8 Å². The maximum absolute atomic E-state index is 11.5. The van der Waals surface area contributed by atoms with Gasteiger partial charge in [-0.2, -0.15) is 0 Å². The Morgan fingerprint density at radius 3 is 2.93 bits per heavy atom. The van der Waals surface area contributed by atoms with Crippen molar-refractivity contribution in [2.75, 3.05) is 18.4 Å². The van der Waals surface area contributed by atoms with Gasteiger partial charge in [-0.1, -0.05) is 31.9 Å². The summed E-state index contributed by atoms with van der Waals surface area (Å²) < 4.78 is 5.45. The van der Waals surface area contributed by atoms with E-state index in [4.69, 9.17) is 4.74 Å². The predicted molar refractivity (Wildman–Crippen MR) is 63.1 cm³/mol. The van der Waals surface area contributed by atoms with Crippen LogP contribution in [0.2, 0.25) is 0 Å². The molecule has 14 heavy (non-hydrogen) atoms. The molecule has 0 saturated carbocycles. The first-order valence-corrected chi connectivity index (χ1v) is 6.75. The summed E-state index contributed by atoms with van der Waals surface area (Å²) in [5.41, 5.74) is -0.330. The zero-order valence-corrected chi connectivity index (χ0v) is 11.4. The summed E-state index contributed by atoms with van der Waals surface area (Å²) >= 11 is 6.49. The van der Waals surface area contributed by atoms with Gasteiger partial charge in [0.05, 0.1) is 0 Å². The van der Waals surface area contributed by atoms with Crippen LogP contribution in [0.4, 0.5) is 0 Å². The third kappa shape index (κ3) is 3.51. The number of halogens is 2. The van der Waals surface area contributed by atoms with Crippen molar-refractivity contribution in [2.45, 2.75) is 30.2 Å². The van der Waals surface area contributed by atoms with Gasteiger partial charge in [0.1, 0.15) is 10.4 Å². The van der Waals surface area contributed by atoms with Gasteiger partial charge in [-0.15, -0.1) is 0 Å². The van der Waals surface area contributed by atoms with E-state index >= 15 is 0 Å². The quantitative estimate of drug-likeness (QED) is 0.634. The molecule has 0 aromatic heterocycles. The number of carbonyl (C=O) groups excluding carboxylic acids is 1. The normalized spacial score (nSPS) is 29.6. The third-order valence-corrected chi connectivity index (χ3v) is 4.51. The number of alkyl halides is 2. The second kappa shape index (κ2) is 5.47. The van der Waals surface area contributed by atoms with Gasteiger partial charge >= 0.3 is 5.97 Å². The molecule has 0 spiro atoms. The highest BCUT2D eigenvalue weighted by Gasteiger charge is 2.32. The highest BCUT2D eigenvalue weighted by Crippen LogP contribution is 2.22. The lowest BCUT2D eigenvalue weighted by molar-refractivity contribution is -0.158. The first-order chi connectivity index (χ1) is 6.57. The Balaban J connectivity index is 2.44. The Morgan fingerprint density at radius 1 is 1.71 bits per heavy atom. The molecule has 0 aromatic carbocycles. The van der Waals surface area contributed by atoms with Gasteiger partial charge in [0.25, 0.3) is 0 Å². The first-order valence-electron chi connectivity index (χ1n) is 4.71. The van der Waals surface area contributed by atoms with Gasteiger partial charge in [-0.05, 0) is 26.3 Å². The van der Waals surface area contributed by atoms with Gasteiger partial charge in [-0.3, -0.25) is 4.79 Å². The Hall–Kier alpha value is 0.390. The molecule has 0 amide bonds. The molecule has 5 heteroatoms. The number of ether oxygens (including phenoxy) is 1. The third-order valence-electron chi connectivity index (χ3n) is 2.30. The number of rotatable bonds is 3. The first kappa shape index (κ1) is 12.5. The summed E-state index contributed by atoms with van der Waals surface area (Å²) in [4.78, 5) is 11.3. The molecule has 1 aliphatic rings. The van der Waals surface area contributed by atoms with E-state index in [1.807, 2.05) is 6.92 Å². The summed E-state index contributed by atoms with van der Waals surface area (Å²) in [6.45, 7) is 3.75. The van der Waals surface area contributed by atoms with Gasteiger partial charge in [0.15, 0.2) is 0 Å². The highest BCUT2D eigenvalue weighted by atomic mass is 79.9. The van der Waals surface area contributed by atoms with Crippen LogP contribution in [0.5, 0.6) is 0 Å². The molecule has 0 bridgehead atoms.